The lowest BCUT2D eigenvalue weighted by molar-refractivity contribution is -0.118. The predicted octanol–water partition coefficient (Wildman–Crippen LogP) is 2.89. The second kappa shape index (κ2) is 8.48. The smallest absolute Gasteiger partial charge is 0.230 e. The van der Waals surface area contributed by atoms with Crippen molar-refractivity contribution in [2.75, 3.05) is 19.4 Å². The third-order valence-corrected chi connectivity index (χ3v) is 4.11. The van der Waals surface area contributed by atoms with Gasteiger partial charge in [0.05, 0.1) is 12.9 Å². The number of nitrogens with one attached hydrogen (secondary N) is 1. The van der Waals surface area contributed by atoms with E-state index in [0.29, 0.717) is 5.75 Å². The first kappa shape index (κ1) is 16.4. The summed E-state index contributed by atoms with van der Waals surface area (Å²) in [5, 5.41) is 3.71. The number of nitrogens with zero attached hydrogens (tertiary/aromatic N) is 2. The van der Waals surface area contributed by atoms with Crippen molar-refractivity contribution in [3.63, 3.8) is 0 Å². The molecule has 22 heavy (non-hydrogen) atoms. The highest BCUT2D eigenvalue weighted by Crippen LogP contribution is 2.22. The van der Waals surface area contributed by atoms with Crippen LogP contribution in [0.4, 0.5) is 0 Å². The zero-order valence-corrected chi connectivity index (χ0v) is 13.7. The highest BCUT2D eigenvalue weighted by atomic mass is 32.2. The van der Waals surface area contributed by atoms with Crippen LogP contribution in [0.5, 0.6) is 5.75 Å². The van der Waals surface area contributed by atoms with Crippen LogP contribution in [0.15, 0.2) is 41.8 Å². The summed E-state index contributed by atoms with van der Waals surface area (Å²) in [5.41, 5.74) is 0.993. The fourth-order valence-corrected chi connectivity index (χ4v) is 2.72. The van der Waals surface area contributed by atoms with E-state index in [1.807, 2.05) is 35.0 Å². The van der Waals surface area contributed by atoms with Gasteiger partial charge in [-0.2, -0.15) is 0 Å². The lowest BCUT2D eigenvalue weighted by Gasteiger charge is -2.08. The summed E-state index contributed by atoms with van der Waals surface area (Å²) in [7, 11) is 1.64. The van der Waals surface area contributed by atoms with Crippen molar-refractivity contribution in [2.45, 2.75) is 24.9 Å². The van der Waals surface area contributed by atoms with E-state index in [4.69, 9.17) is 4.74 Å². The van der Waals surface area contributed by atoms with Crippen LogP contribution in [0.25, 0.3) is 5.69 Å². The summed E-state index contributed by atoms with van der Waals surface area (Å²) < 4.78 is 7.12. The van der Waals surface area contributed by atoms with Gasteiger partial charge in [-0.1, -0.05) is 25.1 Å². The highest BCUT2D eigenvalue weighted by Gasteiger charge is 2.09. The predicted molar refractivity (Wildman–Crippen MR) is 88.8 cm³/mol. The molecule has 0 aliphatic carbocycles. The number of thioether (sulfide) groups is 1. The number of benzene rings is 1. The van der Waals surface area contributed by atoms with E-state index in [1.54, 1.807) is 13.3 Å². The molecule has 118 valence electrons. The van der Waals surface area contributed by atoms with Crippen LogP contribution in [0, 0.1) is 0 Å². The Kier molecular flexibility index (Phi) is 6.33. The van der Waals surface area contributed by atoms with Crippen molar-refractivity contribution >= 4 is 17.7 Å². The molecule has 0 saturated carbocycles. The topological polar surface area (TPSA) is 56.2 Å². The molecule has 1 aromatic heterocycles. The van der Waals surface area contributed by atoms with Gasteiger partial charge in [0.25, 0.3) is 0 Å². The van der Waals surface area contributed by atoms with Gasteiger partial charge < -0.3 is 10.1 Å². The van der Waals surface area contributed by atoms with E-state index in [-0.39, 0.29) is 5.91 Å². The molecule has 0 unspecified atom stereocenters. The molecule has 5 nitrogen and oxygen atoms in total. The molecule has 2 aromatic rings. The van der Waals surface area contributed by atoms with Crippen LogP contribution in [-0.2, 0) is 4.79 Å². The molecule has 0 fully saturated rings. The molecular formula is C16H21N3O2S. The largest absolute Gasteiger partial charge is 0.497 e. The summed E-state index contributed by atoms with van der Waals surface area (Å²) >= 11 is 1.43. The Balaban J connectivity index is 1.95. The van der Waals surface area contributed by atoms with E-state index in [1.165, 1.54) is 11.8 Å². The molecule has 6 heteroatoms. The second-order valence-corrected chi connectivity index (χ2v) is 5.71. The summed E-state index contributed by atoms with van der Waals surface area (Å²) in [4.78, 5) is 16.1. The number of ether oxygens (including phenoxy) is 1. The van der Waals surface area contributed by atoms with E-state index in [9.17, 15) is 4.79 Å². The lowest BCUT2D eigenvalue weighted by atomic mass is 10.3. The van der Waals surface area contributed by atoms with E-state index >= 15 is 0 Å². The molecule has 1 amide bonds. The maximum atomic E-state index is 11.8. The molecular weight excluding hydrogens is 298 g/mol. The Hall–Kier alpha value is -1.95. The zero-order chi connectivity index (χ0) is 15.8. The molecule has 0 atom stereocenters. The van der Waals surface area contributed by atoms with Crippen LogP contribution in [0.1, 0.15) is 19.8 Å². The fraction of sp³-hybridized carbons (Fsp3) is 0.375. The minimum atomic E-state index is 0.0442. The molecule has 1 heterocycles. The number of amides is 1. The standard InChI is InChI=1S/C16H21N3O2S/c1-3-4-9-17-15(20)12-22-16-18-10-11-19(16)13-5-7-14(21-2)8-6-13/h5-8,10-11H,3-4,9,12H2,1-2H3,(H,17,20). The van der Waals surface area contributed by atoms with Crippen molar-refractivity contribution in [3.8, 4) is 11.4 Å². The first-order valence-electron chi connectivity index (χ1n) is 7.32. The number of imidazole rings is 1. The van der Waals surface area contributed by atoms with Gasteiger partial charge in [-0.15, -0.1) is 0 Å². The molecule has 1 N–H and O–H groups in total. The third-order valence-electron chi connectivity index (χ3n) is 3.14. The summed E-state index contributed by atoms with van der Waals surface area (Å²) in [6, 6.07) is 7.74. The Morgan fingerprint density at radius 1 is 1.36 bits per heavy atom. The van der Waals surface area contributed by atoms with Gasteiger partial charge >= 0.3 is 0 Å². The maximum absolute atomic E-state index is 11.8. The van der Waals surface area contributed by atoms with Crippen LogP contribution < -0.4 is 10.1 Å². The molecule has 1 aromatic carbocycles. The van der Waals surface area contributed by atoms with Crippen molar-refractivity contribution in [1.29, 1.82) is 0 Å². The summed E-state index contributed by atoms with van der Waals surface area (Å²) in [6.45, 7) is 2.84. The van der Waals surface area contributed by atoms with Crippen molar-refractivity contribution in [1.82, 2.24) is 14.9 Å². The number of unbranched alkanes of at least 4 members (excludes halogenated alkanes) is 1. The Morgan fingerprint density at radius 2 is 2.14 bits per heavy atom. The molecule has 0 spiro atoms. The maximum Gasteiger partial charge on any atom is 0.230 e. The Bertz CT molecular complexity index is 596. The summed E-state index contributed by atoms with van der Waals surface area (Å²) in [5.74, 6) is 1.23. The normalized spacial score (nSPS) is 10.5. The number of methoxy groups -OCH3 is 1. The number of carbonyl (C=O) groups excluding carboxylic acids is 1. The molecule has 0 aliphatic heterocycles. The second-order valence-electron chi connectivity index (χ2n) is 4.77. The number of hydrogen-bond acceptors (Lipinski definition) is 4. The average Bonchev–Trinajstić information content (AvgIpc) is 3.02. The number of aromatic nitrogens is 2. The van der Waals surface area contributed by atoms with Crippen LogP contribution in [-0.4, -0.2) is 34.9 Å². The van der Waals surface area contributed by atoms with Crippen molar-refractivity contribution in [2.24, 2.45) is 0 Å². The van der Waals surface area contributed by atoms with Gasteiger partial charge in [-0.05, 0) is 30.7 Å². The SMILES string of the molecule is CCCCNC(=O)CSc1nccn1-c1ccc(OC)cc1. The first-order chi connectivity index (χ1) is 10.7. The van der Waals surface area contributed by atoms with E-state index in [0.717, 1.165) is 36.0 Å². The van der Waals surface area contributed by atoms with Gasteiger partial charge in [0, 0.05) is 24.6 Å². The minimum absolute atomic E-state index is 0.0442. The first-order valence-corrected chi connectivity index (χ1v) is 8.30. The Morgan fingerprint density at radius 3 is 2.82 bits per heavy atom. The monoisotopic (exact) mass is 319 g/mol. The van der Waals surface area contributed by atoms with Gasteiger partial charge in [0.2, 0.25) is 5.91 Å². The molecule has 0 radical (unpaired) electrons. The average molecular weight is 319 g/mol. The van der Waals surface area contributed by atoms with E-state index in [2.05, 4.69) is 17.2 Å². The number of rotatable bonds is 8. The molecule has 2 rings (SSSR count). The Labute approximate surface area is 135 Å². The quantitative estimate of drug-likeness (QED) is 0.600. The number of hydrogen-bond donors (Lipinski definition) is 1. The fourth-order valence-electron chi connectivity index (χ4n) is 1.92. The minimum Gasteiger partial charge on any atom is -0.497 e. The third kappa shape index (κ3) is 4.53. The lowest BCUT2D eigenvalue weighted by Crippen LogP contribution is -2.26. The molecule has 0 aliphatic rings. The zero-order valence-electron chi connectivity index (χ0n) is 12.9. The van der Waals surface area contributed by atoms with Gasteiger partial charge in [0.15, 0.2) is 5.16 Å². The van der Waals surface area contributed by atoms with E-state index < -0.39 is 0 Å². The molecule has 0 bridgehead atoms. The molecule has 0 saturated heterocycles. The van der Waals surface area contributed by atoms with Gasteiger partial charge in [-0.25, -0.2) is 4.98 Å². The highest BCUT2D eigenvalue weighted by molar-refractivity contribution is 7.99. The van der Waals surface area contributed by atoms with Crippen LogP contribution >= 0.6 is 11.8 Å². The van der Waals surface area contributed by atoms with Gasteiger partial charge in [0.1, 0.15) is 5.75 Å². The van der Waals surface area contributed by atoms with Crippen LogP contribution in [0.2, 0.25) is 0 Å². The van der Waals surface area contributed by atoms with Crippen LogP contribution in [0.3, 0.4) is 0 Å². The van der Waals surface area contributed by atoms with Crippen molar-refractivity contribution < 1.29 is 9.53 Å². The number of carbonyl (C=O) groups is 1. The summed E-state index contributed by atoms with van der Waals surface area (Å²) in [6.07, 6.45) is 5.72. The van der Waals surface area contributed by atoms with Gasteiger partial charge in [-0.3, -0.25) is 9.36 Å². The van der Waals surface area contributed by atoms with Crippen molar-refractivity contribution in [3.05, 3.63) is 36.7 Å².